The number of hydrogen-bond acceptors (Lipinski definition) is 4. The van der Waals surface area contributed by atoms with Gasteiger partial charge in [-0.15, -0.1) is 0 Å². The molecular weight excluding hydrogens is 326 g/mol. The Morgan fingerprint density at radius 3 is 2.91 bits per heavy atom. The highest BCUT2D eigenvalue weighted by molar-refractivity contribution is 7.89. The van der Waals surface area contributed by atoms with E-state index in [1.54, 1.807) is 16.9 Å². The highest BCUT2D eigenvalue weighted by Gasteiger charge is 2.26. The second kappa shape index (κ2) is 5.57. The summed E-state index contributed by atoms with van der Waals surface area (Å²) in [6, 6.07) is 3.16. The van der Waals surface area contributed by atoms with Crippen molar-refractivity contribution in [1.82, 2.24) is 14.5 Å². The fourth-order valence-corrected chi connectivity index (χ4v) is 3.93. The van der Waals surface area contributed by atoms with Crippen LogP contribution in [-0.2, 0) is 30.0 Å². The molecule has 1 aromatic heterocycles. The molecule has 0 amide bonds. The van der Waals surface area contributed by atoms with E-state index in [-0.39, 0.29) is 11.4 Å². The molecule has 0 bridgehead atoms. The third-order valence-electron chi connectivity index (χ3n) is 3.79. The number of benzene rings is 1. The van der Waals surface area contributed by atoms with E-state index >= 15 is 0 Å². The first-order chi connectivity index (χ1) is 10.4. The summed E-state index contributed by atoms with van der Waals surface area (Å²) in [4.78, 5) is 0.0917. The van der Waals surface area contributed by atoms with Gasteiger partial charge in [0.05, 0.1) is 12.8 Å². The van der Waals surface area contributed by atoms with Crippen molar-refractivity contribution >= 4 is 21.6 Å². The molecule has 0 unspecified atom stereocenters. The summed E-state index contributed by atoms with van der Waals surface area (Å²) in [7, 11) is -1.90. The van der Waals surface area contributed by atoms with Crippen LogP contribution in [0.1, 0.15) is 16.8 Å². The van der Waals surface area contributed by atoms with Crippen molar-refractivity contribution in [1.29, 1.82) is 0 Å². The molecule has 1 N–H and O–H groups in total. The molecule has 118 valence electrons. The van der Waals surface area contributed by atoms with Crippen molar-refractivity contribution in [3.8, 4) is 5.75 Å². The molecular formula is C14H16ClN3O3S. The van der Waals surface area contributed by atoms with E-state index in [1.807, 2.05) is 14.0 Å². The van der Waals surface area contributed by atoms with Gasteiger partial charge >= 0.3 is 0 Å². The fraction of sp³-hybridized carbons (Fsp3) is 0.357. The Hall–Kier alpha value is -1.57. The third-order valence-corrected chi connectivity index (χ3v) is 5.42. The van der Waals surface area contributed by atoms with Crippen molar-refractivity contribution in [2.45, 2.75) is 24.8 Å². The second-order valence-corrected chi connectivity index (χ2v) is 7.37. The van der Waals surface area contributed by atoms with Gasteiger partial charge in [-0.25, -0.2) is 13.1 Å². The minimum absolute atomic E-state index is 0.0917. The molecule has 0 atom stereocenters. The van der Waals surface area contributed by atoms with Gasteiger partial charge in [0.15, 0.2) is 0 Å². The monoisotopic (exact) mass is 341 g/mol. The van der Waals surface area contributed by atoms with E-state index in [0.717, 1.165) is 16.8 Å². The first-order valence-corrected chi connectivity index (χ1v) is 8.67. The van der Waals surface area contributed by atoms with Crippen molar-refractivity contribution in [3.05, 3.63) is 40.2 Å². The predicted octanol–water partition coefficient (Wildman–Crippen LogP) is 1.80. The summed E-state index contributed by atoms with van der Waals surface area (Å²) in [5, 5.41) is 4.49. The summed E-state index contributed by atoms with van der Waals surface area (Å²) in [5.74, 6) is 0.403. The molecule has 1 aromatic carbocycles. The van der Waals surface area contributed by atoms with Crippen LogP contribution in [0.25, 0.3) is 0 Å². The third kappa shape index (κ3) is 2.71. The van der Waals surface area contributed by atoms with Crippen LogP contribution in [0, 0.1) is 6.92 Å². The predicted molar refractivity (Wildman–Crippen MR) is 82.6 cm³/mol. The highest BCUT2D eigenvalue weighted by Crippen LogP contribution is 2.35. The minimum Gasteiger partial charge on any atom is -0.492 e. The van der Waals surface area contributed by atoms with Crippen LogP contribution in [0.15, 0.2) is 23.2 Å². The van der Waals surface area contributed by atoms with Gasteiger partial charge in [-0.2, -0.15) is 5.10 Å². The molecule has 1 aliphatic rings. The van der Waals surface area contributed by atoms with Crippen molar-refractivity contribution in [2.24, 2.45) is 7.05 Å². The minimum atomic E-state index is -3.71. The molecule has 0 radical (unpaired) electrons. The summed E-state index contributed by atoms with van der Waals surface area (Å²) in [6.45, 7) is 2.53. The maximum Gasteiger partial charge on any atom is 0.244 e. The zero-order valence-corrected chi connectivity index (χ0v) is 13.8. The van der Waals surface area contributed by atoms with Crippen molar-refractivity contribution < 1.29 is 13.2 Å². The van der Waals surface area contributed by atoms with E-state index in [2.05, 4.69) is 9.82 Å². The first-order valence-electron chi connectivity index (χ1n) is 6.81. The molecule has 0 spiro atoms. The smallest absolute Gasteiger partial charge is 0.244 e. The lowest BCUT2D eigenvalue weighted by atomic mass is 10.2. The average molecular weight is 342 g/mol. The molecule has 6 nitrogen and oxygen atoms in total. The number of aromatic nitrogens is 2. The number of fused-ring (bicyclic) bond motifs is 1. The first kappa shape index (κ1) is 15.3. The Balaban J connectivity index is 1.89. The summed E-state index contributed by atoms with van der Waals surface area (Å²) >= 11 is 6.02. The molecule has 2 aromatic rings. The number of hydrogen-bond donors (Lipinski definition) is 1. The van der Waals surface area contributed by atoms with Gasteiger partial charge in [-0.05, 0) is 19.1 Å². The lowest BCUT2D eigenvalue weighted by Crippen LogP contribution is -2.24. The van der Waals surface area contributed by atoms with Crippen molar-refractivity contribution in [3.63, 3.8) is 0 Å². The fourth-order valence-electron chi connectivity index (χ4n) is 2.40. The molecule has 22 heavy (non-hydrogen) atoms. The van der Waals surface area contributed by atoms with E-state index in [0.29, 0.717) is 23.8 Å². The Kier molecular flexibility index (Phi) is 3.88. The van der Waals surface area contributed by atoms with Crippen LogP contribution >= 0.6 is 11.6 Å². The lowest BCUT2D eigenvalue weighted by Gasteiger charge is -2.11. The number of ether oxygens (including phenoxy) is 1. The maximum absolute atomic E-state index is 12.6. The van der Waals surface area contributed by atoms with Gasteiger partial charge in [-0.1, -0.05) is 11.6 Å². The SMILES string of the molecule is Cc1c(CNS(=O)(=O)c2cc(Cl)cc3c2OCC3)cnn1C. The number of rotatable bonds is 4. The highest BCUT2D eigenvalue weighted by atomic mass is 35.5. The number of nitrogens with one attached hydrogen (secondary N) is 1. The van der Waals surface area contributed by atoms with Crippen LogP contribution in [0.5, 0.6) is 5.75 Å². The summed E-state index contributed by atoms with van der Waals surface area (Å²) in [6.07, 6.45) is 2.32. The molecule has 0 saturated carbocycles. The Morgan fingerprint density at radius 2 is 2.23 bits per heavy atom. The summed E-state index contributed by atoms with van der Waals surface area (Å²) in [5.41, 5.74) is 2.56. The van der Waals surface area contributed by atoms with E-state index in [9.17, 15) is 8.42 Å². The lowest BCUT2D eigenvalue weighted by molar-refractivity contribution is 0.348. The quantitative estimate of drug-likeness (QED) is 0.920. The standard InChI is InChI=1S/C14H16ClN3O3S/c1-9-11(7-16-18(9)2)8-17-22(19,20)13-6-12(15)5-10-3-4-21-14(10)13/h5-7,17H,3-4,8H2,1-2H3. The average Bonchev–Trinajstić information content (AvgIpc) is 3.04. The van der Waals surface area contributed by atoms with Crippen LogP contribution in [0.4, 0.5) is 0 Å². The zero-order valence-electron chi connectivity index (χ0n) is 12.3. The van der Waals surface area contributed by atoms with Gasteiger partial charge in [0, 0.05) is 41.9 Å². The Labute approximate surface area is 134 Å². The van der Waals surface area contributed by atoms with Gasteiger partial charge < -0.3 is 4.74 Å². The molecule has 2 heterocycles. The molecule has 0 saturated heterocycles. The van der Waals surface area contributed by atoms with E-state index < -0.39 is 10.0 Å². The second-order valence-electron chi connectivity index (χ2n) is 5.19. The number of aryl methyl sites for hydroxylation is 1. The maximum atomic E-state index is 12.6. The Morgan fingerprint density at radius 1 is 1.45 bits per heavy atom. The van der Waals surface area contributed by atoms with Crippen LogP contribution in [-0.4, -0.2) is 24.8 Å². The summed E-state index contributed by atoms with van der Waals surface area (Å²) < 4.78 is 34.9. The normalized spacial score (nSPS) is 14.0. The van der Waals surface area contributed by atoms with Gasteiger partial charge in [0.25, 0.3) is 0 Å². The van der Waals surface area contributed by atoms with Crippen LogP contribution in [0.3, 0.4) is 0 Å². The molecule has 3 rings (SSSR count). The van der Waals surface area contributed by atoms with Crippen LogP contribution < -0.4 is 9.46 Å². The van der Waals surface area contributed by atoms with E-state index in [4.69, 9.17) is 16.3 Å². The molecule has 8 heteroatoms. The zero-order chi connectivity index (χ0) is 15.9. The van der Waals surface area contributed by atoms with Gasteiger partial charge in [0.2, 0.25) is 10.0 Å². The van der Waals surface area contributed by atoms with E-state index in [1.165, 1.54) is 6.07 Å². The largest absolute Gasteiger partial charge is 0.492 e. The number of halogens is 1. The topological polar surface area (TPSA) is 73.2 Å². The Bertz CT molecular complexity index is 830. The molecule has 1 aliphatic heterocycles. The molecule has 0 fully saturated rings. The number of sulfonamides is 1. The van der Waals surface area contributed by atoms with Gasteiger partial charge in [-0.3, -0.25) is 4.68 Å². The molecule has 0 aliphatic carbocycles. The van der Waals surface area contributed by atoms with Gasteiger partial charge in [0.1, 0.15) is 10.6 Å². The van der Waals surface area contributed by atoms with Crippen molar-refractivity contribution in [2.75, 3.05) is 6.61 Å². The number of nitrogens with zero attached hydrogens (tertiary/aromatic N) is 2. The van der Waals surface area contributed by atoms with Crippen LogP contribution in [0.2, 0.25) is 5.02 Å².